The Morgan fingerprint density at radius 1 is 1.14 bits per heavy atom. The molecule has 0 atom stereocenters. The molecule has 2 N–H and O–H groups in total. The Hall–Kier alpha value is -3.49. The van der Waals surface area contributed by atoms with Crippen LogP contribution in [0.3, 0.4) is 0 Å². The van der Waals surface area contributed by atoms with Crippen molar-refractivity contribution < 1.29 is 27.2 Å². The van der Waals surface area contributed by atoms with Gasteiger partial charge in [0.15, 0.2) is 0 Å². The van der Waals surface area contributed by atoms with Crippen LogP contribution in [0.1, 0.15) is 32.9 Å². The fourth-order valence-electron chi connectivity index (χ4n) is 2.63. The summed E-state index contributed by atoms with van der Waals surface area (Å²) in [6, 6.07) is 11.2. The van der Waals surface area contributed by atoms with E-state index < -0.39 is 17.6 Å². The number of hydrazine groups is 1. The van der Waals surface area contributed by atoms with Gasteiger partial charge in [-0.15, -0.1) is 0 Å². The first-order valence-electron chi connectivity index (χ1n) is 8.63. The quantitative estimate of drug-likeness (QED) is 0.584. The summed E-state index contributed by atoms with van der Waals surface area (Å²) in [6.45, 7) is 3.78. The van der Waals surface area contributed by atoms with Crippen LogP contribution in [-0.2, 0) is 12.8 Å². The van der Waals surface area contributed by atoms with E-state index in [0.29, 0.717) is 17.2 Å². The molecule has 0 aliphatic rings. The summed E-state index contributed by atoms with van der Waals surface area (Å²) < 4.78 is 49.8. The molecule has 2 aromatic carbocycles. The molecule has 0 unspecified atom stereocenters. The van der Waals surface area contributed by atoms with Gasteiger partial charge in [0, 0.05) is 5.56 Å². The molecule has 1 heterocycles. The number of hydrogen-bond acceptors (Lipinski definition) is 5. The van der Waals surface area contributed by atoms with Crippen LogP contribution < -0.4 is 15.6 Å². The van der Waals surface area contributed by atoms with E-state index in [-0.39, 0.29) is 17.9 Å². The van der Waals surface area contributed by atoms with Crippen LogP contribution in [0.15, 0.2) is 53.1 Å². The summed E-state index contributed by atoms with van der Waals surface area (Å²) in [7, 11) is 0. The topological polar surface area (TPSA) is 76.4 Å². The summed E-state index contributed by atoms with van der Waals surface area (Å²) >= 11 is 0. The number of amides is 1. The van der Waals surface area contributed by atoms with E-state index in [1.807, 2.05) is 0 Å². The number of para-hydroxylation sites is 1. The average molecular weight is 405 g/mol. The molecule has 0 saturated heterocycles. The maximum absolute atomic E-state index is 13.0. The molecule has 6 nitrogen and oxygen atoms in total. The molecule has 0 spiro atoms. The minimum absolute atomic E-state index is 0.212. The van der Waals surface area contributed by atoms with Crippen LogP contribution in [0.25, 0.3) is 0 Å². The average Bonchev–Trinajstić information content (AvgIpc) is 3.02. The molecule has 152 valence electrons. The van der Waals surface area contributed by atoms with Gasteiger partial charge in [0.1, 0.15) is 18.1 Å². The third-order valence-corrected chi connectivity index (χ3v) is 4.20. The Balaban J connectivity index is 1.66. The van der Waals surface area contributed by atoms with E-state index in [1.165, 1.54) is 30.3 Å². The number of carbonyl (C=O) groups excluding carboxylic acids is 1. The summed E-state index contributed by atoms with van der Waals surface area (Å²) in [4.78, 5) is 12.3. The number of halogens is 3. The monoisotopic (exact) mass is 405 g/mol. The van der Waals surface area contributed by atoms with Crippen molar-refractivity contribution in [2.45, 2.75) is 26.6 Å². The molecule has 1 aromatic heterocycles. The highest BCUT2D eigenvalue weighted by atomic mass is 19.4. The van der Waals surface area contributed by atoms with E-state index in [0.717, 1.165) is 11.6 Å². The van der Waals surface area contributed by atoms with Crippen LogP contribution in [0.4, 0.5) is 18.9 Å². The van der Waals surface area contributed by atoms with Gasteiger partial charge in [-0.25, -0.2) is 0 Å². The lowest BCUT2D eigenvalue weighted by Crippen LogP contribution is -2.30. The highest BCUT2D eigenvalue weighted by Gasteiger charge is 2.33. The van der Waals surface area contributed by atoms with Gasteiger partial charge in [-0.1, -0.05) is 23.4 Å². The standard InChI is InChI=1S/C20H18F3N3O3/c1-12-16(13(2)29-26-12)11-28-15-7-5-6-14(10-15)19(27)25-24-18-9-4-3-8-17(18)20(21,22)23/h3-10,24H,11H2,1-2H3,(H,25,27). The third kappa shape index (κ3) is 4.87. The Bertz CT molecular complexity index is 996. The largest absolute Gasteiger partial charge is 0.489 e. The van der Waals surface area contributed by atoms with Crippen molar-refractivity contribution in [1.29, 1.82) is 0 Å². The van der Waals surface area contributed by atoms with E-state index in [9.17, 15) is 18.0 Å². The second kappa shape index (κ2) is 8.26. The predicted molar refractivity (Wildman–Crippen MR) is 99.3 cm³/mol. The molecule has 0 fully saturated rings. The van der Waals surface area contributed by atoms with Gasteiger partial charge in [0.25, 0.3) is 5.91 Å². The van der Waals surface area contributed by atoms with Crippen molar-refractivity contribution in [3.8, 4) is 5.75 Å². The molecule has 0 saturated carbocycles. The normalized spacial score (nSPS) is 11.2. The summed E-state index contributed by atoms with van der Waals surface area (Å²) in [6.07, 6.45) is -4.54. The molecule has 0 aliphatic heterocycles. The first-order valence-corrected chi connectivity index (χ1v) is 8.63. The molecule has 29 heavy (non-hydrogen) atoms. The number of rotatable bonds is 6. The Labute approximate surface area is 164 Å². The fourth-order valence-corrected chi connectivity index (χ4v) is 2.63. The molecule has 3 aromatic rings. The van der Waals surface area contributed by atoms with Gasteiger partial charge in [-0.05, 0) is 44.2 Å². The van der Waals surface area contributed by atoms with E-state index in [4.69, 9.17) is 9.26 Å². The summed E-state index contributed by atoms with van der Waals surface area (Å²) in [5, 5.41) is 3.84. The molecule has 9 heteroatoms. The number of alkyl halides is 3. The molecular formula is C20H18F3N3O3. The van der Waals surface area contributed by atoms with E-state index in [2.05, 4.69) is 16.0 Å². The molecule has 3 rings (SSSR count). The van der Waals surface area contributed by atoms with Gasteiger partial charge < -0.3 is 9.26 Å². The van der Waals surface area contributed by atoms with Crippen molar-refractivity contribution in [3.63, 3.8) is 0 Å². The molecular weight excluding hydrogens is 387 g/mol. The molecule has 0 radical (unpaired) electrons. The zero-order chi connectivity index (χ0) is 21.0. The van der Waals surface area contributed by atoms with Crippen molar-refractivity contribution >= 4 is 11.6 Å². The van der Waals surface area contributed by atoms with Gasteiger partial charge in [0.05, 0.1) is 22.5 Å². The first kappa shape index (κ1) is 20.2. The minimum Gasteiger partial charge on any atom is -0.489 e. The third-order valence-electron chi connectivity index (χ3n) is 4.20. The van der Waals surface area contributed by atoms with Crippen LogP contribution in [0.5, 0.6) is 5.75 Å². The number of nitrogens with one attached hydrogen (secondary N) is 2. The number of aryl methyl sites for hydroxylation is 2. The summed E-state index contributed by atoms with van der Waals surface area (Å²) in [5.41, 5.74) is 5.21. The van der Waals surface area contributed by atoms with Crippen molar-refractivity contribution in [2.24, 2.45) is 0 Å². The number of hydrogen-bond donors (Lipinski definition) is 2. The number of benzene rings is 2. The number of carbonyl (C=O) groups is 1. The molecule has 1 amide bonds. The van der Waals surface area contributed by atoms with Gasteiger partial charge >= 0.3 is 6.18 Å². The van der Waals surface area contributed by atoms with E-state index >= 15 is 0 Å². The Morgan fingerprint density at radius 2 is 1.90 bits per heavy atom. The van der Waals surface area contributed by atoms with Crippen molar-refractivity contribution in [2.75, 3.05) is 5.43 Å². The first-order chi connectivity index (χ1) is 13.8. The van der Waals surface area contributed by atoms with Crippen LogP contribution in [0.2, 0.25) is 0 Å². The summed E-state index contributed by atoms with van der Waals surface area (Å²) in [5.74, 6) is 0.460. The van der Waals surface area contributed by atoms with E-state index in [1.54, 1.807) is 26.0 Å². The van der Waals surface area contributed by atoms with Gasteiger partial charge in [-0.3, -0.25) is 15.6 Å². The lowest BCUT2D eigenvalue weighted by atomic mass is 10.2. The van der Waals surface area contributed by atoms with Crippen molar-refractivity contribution in [1.82, 2.24) is 10.6 Å². The highest BCUT2D eigenvalue weighted by Crippen LogP contribution is 2.34. The number of aromatic nitrogens is 1. The lowest BCUT2D eigenvalue weighted by molar-refractivity contribution is -0.137. The zero-order valence-corrected chi connectivity index (χ0v) is 15.6. The maximum atomic E-state index is 13.0. The van der Waals surface area contributed by atoms with Crippen LogP contribution in [0, 0.1) is 13.8 Å². The SMILES string of the molecule is Cc1noc(C)c1COc1cccc(C(=O)NNc2ccccc2C(F)(F)F)c1. The lowest BCUT2D eigenvalue weighted by Gasteiger charge is -2.15. The Morgan fingerprint density at radius 3 is 2.59 bits per heavy atom. The number of anilines is 1. The molecule has 0 bridgehead atoms. The fraction of sp³-hybridized carbons (Fsp3) is 0.200. The van der Waals surface area contributed by atoms with Gasteiger partial charge in [0.2, 0.25) is 0 Å². The van der Waals surface area contributed by atoms with Gasteiger partial charge in [-0.2, -0.15) is 13.2 Å². The second-order valence-corrected chi connectivity index (χ2v) is 6.24. The van der Waals surface area contributed by atoms with Crippen LogP contribution >= 0.6 is 0 Å². The highest BCUT2D eigenvalue weighted by molar-refractivity contribution is 5.95. The van der Waals surface area contributed by atoms with Crippen LogP contribution in [-0.4, -0.2) is 11.1 Å². The van der Waals surface area contributed by atoms with Crippen molar-refractivity contribution in [3.05, 3.63) is 76.7 Å². The maximum Gasteiger partial charge on any atom is 0.418 e. The minimum atomic E-state index is -4.54. The smallest absolute Gasteiger partial charge is 0.418 e. The predicted octanol–water partition coefficient (Wildman–Crippen LogP) is 4.65. The number of ether oxygens (including phenoxy) is 1. The molecule has 0 aliphatic carbocycles. The Kier molecular flexibility index (Phi) is 5.76. The second-order valence-electron chi connectivity index (χ2n) is 6.24. The number of nitrogens with zero attached hydrogens (tertiary/aromatic N) is 1. The zero-order valence-electron chi connectivity index (χ0n) is 15.6.